The zero-order valence-corrected chi connectivity index (χ0v) is 10.8. The van der Waals surface area contributed by atoms with Gasteiger partial charge in [0.25, 0.3) is 0 Å². The van der Waals surface area contributed by atoms with Crippen LogP contribution in [0.5, 0.6) is 0 Å². The fraction of sp³-hybridized carbons (Fsp3) is 0.333. The zero-order chi connectivity index (χ0) is 7.94. The first kappa shape index (κ1) is 12.8. The third-order valence-electron chi connectivity index (χ3n) is 1.31. The molecule has 0 amide bonds. The maximum absolute atomic E-state index is 4.86. The van der Waals surface area contributed by atoms with E-state index in [1.165, 1.54) is 5.56 Å². The quantitative estimate of drug-likeness (QED) is 0.356. The van der Waals surface area contributed by atoms with Gasteiger partial charge in [-0.3, -0.25) is 0 Å². The molecule has 1 aromatic rings. The van der Waals surface area contributed by atoms with E-state index in [0.717, 1.165) is 0 Å². The predicted octanol–water partition coefficient (Wildman–Crippen LogP) is -0.484. The van der Waals surface area contributed by atoms with Crippen LogP contribution in [0.2, 0.25) is 0 Å². The summed E-state index contributed by atoms with van der Waals surface area (Å²) in [6.07, 6.45) is 0. The van der Waals surface area contributed by atoms with Crippen molar-refractivity contribution >= 4 is 0 Å². The minimum Gasteiger partial charge on any atom is -0.530 e. The van der Waals surface area contributed by atoms with E-state index in [-0.39, 0.29) is 51.4 Å². The van der Waals surface area contributed by atoms with Gasteiger partial charge in [-0.25, -0.2) is 0 Å². The maximum Gasteiger partial charge on any atom is 1.00 e. The van der Waals surface area contributed by atoms with Gasteiger partial charge in [-0.2, -0.15) is 0 Å². The first-order chi connectivity index (χ1) is 5.43. The second-order valence-corrected chi connectivity index (χ2v) is 2.19. The van der Waals surface area contributed by atoms with Gasteiger partial charge in [-0.05, 0) is 6.92 Å². The van der Waals surface area contributed by atoms with Gasteiger partial charge in [-0.1, -0.05) is 35.9 Å². The molecule has 0 aliphatic rings. The molecule has 0 spiro atoms. The third-order valence-corrected chi connectivity index (χ3v) is 1.31. The summed E-state index contributed by atoms with van der Waals surface area (Å²) in [5.74, 6) is 0. The molecule has 0 aromatic heterocycles. The zero-order valence-electron chi connectivity index (χ0n) is 7.66. The summed E-state index contributed by atoms with van der Waals surface area (Å²) in [6.45, 7) is 3.22. The first-order valence-electron chi connectivity index (χ1n) is 3.76. The van der Waals surface area contributed by atoms with Gasteiger partial charge in [0.2, 0.25) is 0 Å². The van der Waals surface area contributed by atoms with Crippen LogP contribution in [0.4, 0.5) is 0 Å². The molecular weight excluding hydrogens is 177 g/mol. The van der Waals surface area contributed by atoms with Crippen LogP contribution in [0.3, 0.4) is 0 Å². The summed E-state index contributed by atoms with van der Waals surface area (Å²) in [7, 11) is 0. The standard InChI is InChI=1S/C9H12NO.K/c1-2-11-10-8-9-6-4-3-5-7-9;/h3-7H,2,8H2,1H3;/q-1;+1. The Morgan fingerprint density at radius 2 is 1.92 bits per heavy atom. The van der Waals surface area contributed by atoms with Gasteiger partial charge in [0.1, 0.15) is 0 Å². The van der Waals surface area contributed by atoms with E-state index in [9.17, 15) is 0 Å². The molecule has 0 saturated carbocycles. The van der Waals surface area contributed by atoms with Crippen molar-refractivity contribution in [3.8, 4) is 0 Å². The molecule has 0 unspecified atom stereocenters. The fourth-order valence-corrected chi connectivity index (χ4v) is 0.795. The molecule has 2 nitrogen and oxygen atoms in total. The molecule has 1 aromatic carbocycles. The number of hydrogen-bond donors (Lipinski definition) is 0. The average Bonchev–Trinajstić information content (AvgIpc) is 2.07. The van der Waals surface area contributed by atoms with Crippen molar-refractivity contribution in [1.82, 2.24) is 0 Å². The van der Waals surface area contributed by atoms with E-state index >= 15 is 0 Å². The van der Waals surface area contributed by atoms with Crippen LogP contribution < -0.4 is 51.4 Å². The van der Waals surface area contributed by atoms with Gasteiger partial charge in [0, 0.05) is 6.61 Å². The van der Waals surface area contributed by atoms with E-state index in [2.05, 4.69) is 5.48 Å². The van der Waals surface area contributed by atoms with Crippen LogP contribution in [-0.4, -0.2) is 6.61 Å². The number of benzene rings is 1. The van der Waals surface area contributed by atoms with E-state index in [0.29, 0.717) is 13.2 Å². The molecule has 60 valence electrons. The van der Waals surface area contributed by atoms with Crippen LogP contribution >= 0.6 is 0 Å². The number of hydrogen-bond acceptors (Lipinski definition) is 1. The van der Waals surface area contributed by atoms with E-state index in [1.807, 2.05) is 37.3 Å². The Morgan fingerprint density at radius 3 is 2.50 bits per heavy atom. The van der Waals surface area contributed by atoms with Crippen molar-refractivity contribution in [2.45, 2.75) is 13.5 Å². The molecule has 1 rings (SSSR count). The Morgan fingerprint density at radius 1 is 1.25 bits per heavy atom. The van der Waals surface area contributed by atoms with Gasteiger partial charge < -0.3 is 10.3 Å². The smallest absolute Gasteiger partial charge is 0.530 e. The van der Waals surface area contributed by atoms with Crippen molar-refractivity contribution in [3.05, 3.63) is 41.4 Å². The molecule has 0 bridgehead atoms. The topological polar surface area (TPSA) is 23.3 Å². The summed E-state index contributed by atoms with van der Waals surface area (Å²) in [5.41, 5.74) is 5.04. The molecule has 0 atom stereocenters. The Kier molecular flexibility index (Phi) is 8.92. The minimum absolute atomic E-state index is 0. The summed E-state index contributed by atoms with van der Waals surface area (Å²) in [5, 5.41) is 0. The second kappa shape index (κ2) is 8.38. The molecule has 0 saturated heterocycles. The van der Waals surface area contributed by atoms with Crippen molar-refractivity contribution in [2.75, 3.05) is 6.61 Å². The molecule has 0 aliphatic carbocycles. The van der Waals surface area contributed by atoms with Gasteiger partial charge in [0.05, 0.1) is 0 Å². The molecule has 3 heteroatoms. The largest absolute Gasteiger partial charge is 1.00 e. The molecule has 0 N–H and O–H groups in total. The second-order valence-electron chi connectivity index (χ2n) is 2.19. The van der Waals surface area contributed by atoms with Crippen LogP contribution in [0.1, 0.15) is 12.5 Å². The fourth-order valence-electron chi connectivity index (χ4n) is 0.795. The van der Waals surface area contributed by atoms with Gasteiger partial charge in [-0.15, -0.1) is 6.54 Å². The minimum atomic E-state index is 0. The van der Waals surface area contributed by atoms with Crippen LogP contribution in [0, 0.1) is 0 Å². The molecule has 0 heterocycles. The normalized spacial score (nSPS) is 9.08. The summed E-state index contributed by atoms with van der Waals surface area (Å²) < 4.78 is 0. The Balaban J connectivity index is 0.00000121. The Hall–Kier alpha value is 0.776. The van der Waals surface area contributed by atoms with Gasteiger partial charge >= 0.3 is 51.4 Å². The van der Waals surface area contributed by atoms with Gasteiger partial charge in [0.15, 0.2) is 0 Å². The van der Waals surface area contributed by atoms with Crippen LogP contribution in [0.25, 0.3) is 5.48 Å². The van der Waals surface area contributed by atoms with Crippen molar-refractivity contribution < 1.29 is 56.2 Å². The molecule has 12 heavy (non-hydrogen) atoms. The Bertz CT molecular complexity index is 191. The molecule has 0 radical (unpaired) electrons. The van der Waals surface area contributed by atoms with E-state index < -0.39 is 0 Å². The van der Waals surface area contributed by atoms with Crippen LogP contribution in [0.15, 0.2) is 30.3 Å². The van der Waals surface area contributed by atoms with Crippen molar-refractivity contribution in [3.63, 3.8) is 0 Å². The third kappa shape index (κ3) is 5.43. The first-order valence-corrected chi connectivity index (χ1v) is 3.76. The molecule has 0 fully saturated rings. The monoisotopic (exact) mass is 189 g/mol. The van der Waals surface area contributed by atoms with Crippen LogP contribution in [-0.2, 0) is 11.4 Å². The number of rotatable bonds is 4. The molecular formula is C9H12KNO. The maximum atomic E-state index is 4.86. The predicted molar refractivity (Wildman–Crippen MR) is 45.1 cm³/mol. The average molecular weight is 189 g/mol. The Labute approximate surface area is 116 Å². The summed E-state index contributed by atoms with van der Waals surface area (Å²) in [4.78, 5) is 4.86. The van der Waals surface area contributed by atoms with Crippen molar-refractivity contribution in [2.24, 2.45) is 0 Å². The number of nitrogens with zero attached hydrogens (tertiary/aromatic N) is 1. The van der Waals surface area contributed by atoms with E-state index in [1.54, 1.807) is 0 Å². The summed E-state index contributed by atoms with van der Waals surface area (Å²) >= 11 is 0. The summed E-state index contributed by atoms with van der Waals surface area (Å²) in [6, 6.07) is 10.0. The van der Waals surface area contributed by atoms with E-state index in [4.69, 9.17) is 4.84 Å². The SMILES string of the molecule is CCO[N-]Cc1ccccc1.[K+]. The van der Waals surface area contributed by atoms with Crippen molar-refractivity contribution in [1.29, 1.82) is 0 Å². The number of hydroxylamine groups is 1. The molecule has 0 aliphatic heterocycles.